The van der Waals surface area contributed by atoms with Crippen molar-refractivity contribution in [3.05, 3.63) is 0 Å². The second-order valence-electron chi connectivity index (χ2n) is 0.538. The maximum absolute atomic E-state index is 8.67. The Morgan fingerprint density at radius 3 is 2.14 bits per heavy atom. The number of thiol groups is 1. The topological polar surface area (TPSA) is 26.3 Å². The summed E-state index contributed by atoms with van der Waals surface area (Å²) in [7, 11) is 2.79. The fraction of sp³-hybridized carbons (Fsp3) is 0.667. The number of hydrogen-bond donors (Lipinski definition) is 1. The van der Waals surface area contributed by atoms with Crippen molar-refractivity contribution in [3.8, 4) is 0 Å². The fourth-order valence-electron chi connectivity index (χ4n) is 0. The molecule has 0 spiro atoms. The van der Waals surface area contributed by atoms with E-state index in [-0.39, 0.29) is 0 Å². The van der Waals surface area contributed by atoms with Gasteiger partial charge in [-0.2, -0.15) is 0 Å². The molecular formula is C3H7O2SSi. The van der Waals surface area contributed by atoms with E-state index < -0.39 is 0 Å². The summed E-state index contributed by atoms with van der Waals surface area (Å²) in [5.41, 5.74) is 0.444. The van der Waals surface area contributed by atoms with Crippen molar-refractivity contribution in [1.29, 1.82) is 0 Å². The average molecular weight is 135 g/mol. The van der Waals surface area contributed by atoms with E-state index >= 15 is 0 Å². The lowest BCUT2D eigenvalue weighted by Crippen LogP contribution is -1.76. The first kappa shape index (κ1) is 10.2. The summed E-state index contributed by atoms with van der Waals surface area (Å²) in [4.78, 5) is 8.67. The molecule has 7 heavy (non-hydrogen) atoms. The van der Waals surface area contributed by atoms with E-state index in [1.165, 1.54) is 0 Å². The molecule has 0 amide bonds. The first-order valence-corrected chi connectivity index (χ1v) is 2.62. The van der Waals surface area contributed by atoms with Crippen molar-refractivity contribution in [1.82, 2.24) is 0 Å². The number of hydrogen-bond acceptors (Lipinski definition) is 2. The summed E-state index contributed by atoms with van der Waals surface area (Å²) in [5, 5.41) is 0. The molecule has 0 saturated heterocycles. The Kier molecular flexibility index (Phi) is 23.9. The number of rotatable bonds is 1. The van der Waals surface area contributed by atoms with Crippen LogP contribution in [0.5, 0.6) is 0 Å². The zero-order chi connectivity index (χ0) is 6.12. The van der Waals surface area contributed by atoms with Crippen LogP contribution in [0.1, 0.15) is 6.92 Å². The molecule has 0 fully saturated rings. The third-order valence-electron chi connectivity index (χ3n) is 0.144. The molecule has 0 aliphatic carbocycles. The lowest BCUT2D eigenvalue weighted by Gasteiger charge is -1.75. The van der Waals surface area contributed by atoms with Crippen LogP contribution in [0.4, 0.5) is 0 Å². The van der Waals surface area contributed by atoms with Crippen molar-refractivity contribution in [3.63, 3.8) is 0 Å². The molecule has 0 atom stereocenters. The van der Waals surface area contributed by atoms with Gasteiger partial charge in [-0.25, -0.2) is 0 Å². The monoisotopic (exact) mass is 135 g/mol. The Balaban J connectivity index is 0. The Morgan fingerprint density at radius 1 is 2.00 bits per heavy atom. The normalized spacial score (nSPS) is 6.14. The van der Waals surface area contributed by atoms with Gasteiger partial charge in [0, 0.05) is 6.61 Å². The largest absolute Gasteiger partial charge is 0.419 e. The van der Waals surface area contributed by atoms with Gasteiger partial charge in [0.2, 0.25) is 10.5 Å². The summed E-state index contributed by atoms with van der Waals surface area (Å²) in [5.74, 6) is 0. The van der Waals surface area contributed by atoms with Crippen LogP contribution in [0.3, 0.4) is 0 Å². The van der Waals surface area contributed by atoms with E-state index in [1.54, 1.807) is 0 Å². The van der Waals surface area contributed by atoms with Crippen molar-refractivity contribution >= 4 is 28.7 Å². The van der Waals surface area contributed by atoms with Crippen LogP contribution in [-0.4, -0.2) is 22.7 Å². The summed E-state index contributed by atoms with van der Waals surface area (Å²) in [6.07, 6.45) is 0. The zero-order valence-corrected chi connectivity index (χ0v) is 5.94. The maximum Gasteiger partial charge on any atom is 0.246 e. The van der Waals surface area contributed by atoms with Crippen molar-refractivity contribution in [2.45, 2.75) is 6.92 Å². The highest BCUT2D eigenvalue weighted by molar-refractivity contribution is 7.94. The van der Waals surface area contributed by atoms with Crippen molar-refractivity contribution < 1.29 is 9.22 Å². The standard InChI is InChI=1S/C2H5OSi.CH2OS/c1-2-3-4;2-1-3/h2H2,1H3;1H,(H,2,3). The van der Waals surface area contributed by atoms with E-state index in [4.69, 9.17) is 4.79 Å². The molecule has 0 rings (SSSR count). The van der Waals surface area contributed by atoms with Gasteiger partial charge in [0.25, 0.3) is 0 Å². The van der Waals surface area contributed by atoms with Gasteiger partial charge in [-0.15, -0.1) is 12.6 Å². The number of carbonyl (C=O) groups excluding carboxylic acids is 1. The van der Waals surface area contributed by atoms with Crippen LogP contribution < -0.4 is 0 Å². The minimum absolute atomic E-state index is 0.444. The lowest BCUT2D eigenvalue weighted by atomic mass is 10.9. The Labute approximate surface area is 52.2 Å². The zero-order valence-electron chi connectivity index (χ0n) is 4.05. The van der Waals surface area contributed by atoms with E-state index in [9.17, 15) is 0 Å². The molecular weight excluding hydrogens is 128 g/mol. The first-order chi connectivity index (χ1) is 3.33. The third-order valence-corrected chi connectivity index (χ3v) is 0.433. The quantitative estimate of drug-likeness (QED) is 0.316. The van der Waals surface area contributed by atoms with E-state index in [1.807, 2.05) is 6.92 Å². The van der Waals surface area contributed by atoms with E-state index in [0.29, 0.717) is 5.62 Å². The van der Waals surface area contributed by atoms with Gasteiger partial charge in [-0.1, -0.05) is 0 Å². The summed E-state index contributed by atoms with van der Waals surface area (Å²) < 4.78 is 4.35. The molecule has 4 heteroatoms. The molecule has 0 aromatic rings. The molecule has 0 unspecified atom stereocenters. The summed E-state index contributed by atoms with van der Waals surface area (Å²) in [6, 6.07) is 0. The molecule has 0 aromatic carbocycles. The number of carbonyl (C=O) groups is 1. The molecule has 0 aliphatic rings. The van der Waals surface area contributed by atoms with Gasteiger partial charge in [-0.05, 0) is 6.92 Å². The maximum atomic E-state index is 8.67. The highest BCUT2D eigenvalue weighted by atomic mass is 32.1. The molecule has 0 bridgehead atoms. The third kappa shape index (κ3) is 76.2. The molecule has 2 nitrogen and oxygen atoms in total. The average Bonchev–Trinajstić information content (AvgIpc) is 1.69. The molecule has 0 saturated carbocycles. The van der Waals surface area contributed by atoms with E-state index in [0.717, 1.165) is 6.61 Å². The SMILES string of the molecule is CCO[Si].O=CS. The predicted molar refractivity (Wildman–Crippen MR) is 33.1 cm³/mol. The van der Waals surface area contributed by atoms with Crippen LogP contribution in [0.25, 0.3) is 0 Å². The Hall–Kier alpha value is 0.197. The van der Waals surface area contributed by atoms with Crippen LogP contribution in [0, 0.1) is 0 Å². The van der Waals surface area contributed by atoms with Crippen LogP contribution in [0.15, 0.2) is 0 Å². The minimum atomic E-state index is 0.444. The molecule has 0 heterocycles. The lowest BCUT2D eigenvalue weighted by molar-refractivity contribution is 0.375. The van der Waals surface area contributed by atoms with Gasteiger partial charge >= 0.3 is 0 Å². The smallest absolute Gasteiger partial charge is 0.246 e. The van der Waals surface area contributed by atoms with Gasteiger partial charge in [0.05, 0.1) is 0 Å². The van der Waals surface area contributed by atoms with Crippen LogP contribution >= 0.6 is 12.6 Å². The van der Waals surface area contributed by atoms with E-state index in [2.05, 4.69) is 27.5 Å². The first-order valence-electron chi connectivity index (χ1n) is 1.69. The Morgan fingerprint density at radius 2 is 2.14 bits per heavy atom. The molecule has 0 aromatic heterocycles. The highest BCUT2D eigenvalue weighted by Gasteiger charge is 1.53. The van der Waals surface area contributed by atoms with Gasteiger partial charge in [-0.3, -0.25) is 4.79 Å². The Bertz CT molecular complexity index is 32.1. The van der Waals surface area contributed by atoms with Crippen molar-refractivity contribution in [2.75, 3.05) is 6.61 Å². The summed E-state index contributed by atoms with van der Waals surface area (Å²) >= 11 is 3.11. The summed E-state index contributed by atoms with van der Waals surface area (Å²) in [6.45, 7) is 2.64. The van der Waals surface area contributed by atoms with Gasteiger partial charge in [0.15, 0.2) is 5.62 Å². The second-order valence-corrected chi connectivity index (χ2v) is 1.04. The van der Waals surface area contributed by atoms with Crippen molar-refractivity contribution in [2.24, 2.45) is 0 Å². The van der Waals surface area contributed by atoms with Crippen LogP contribution in [-0.2, 0) is 9.22 Å². The van der Waals surface area contributed by atoms with Gasteiger partial charge in [0.1, 0.15) is 0 Å². The highest BCUT2D eigenvalue weighted by Crippen LogP contribution is 1.50. The molecule has 3 radical (unpaired) electrons. The fourth-order valence-corrected chi connectivity index (χ4v) is 0. The minimum Gasteiger partial charge on any atom is -0.419 e. The molecule has 41 valence electrons. The second kappa shape index (κ2) is 16.4. The van der Waals surface area contributed by atoms with Crippen LogP contribution in [0.2, 0.25) is 0 Å². The molecule has 0 N–H and O–H groups in total. The predicted octanol–water partition coefficient (Wildman–Crippen LogP) is 0.213. The van der Waals surface area contributed by atoms with Gasteiger partial charge < -0.3 is 4.43 Å². The molecule has 0 aliphatic heterocycles.